The average molecular weight is 509 g/mol. The molecule has 0 heterocycles. The molecule has 4 aliphatic carbocycles. The van der Waals surface area contributed by atoms with E-state index in [0.717, 1.165) is 25.7 Å². The van der Waals surface area contributed by atoms with Crippen molar-refractivity contribution in [2.24, 2.45) is 34.5 Å². The Bertz CT molecular complexity index is 877. The van der Waals surface area contributed by atoms with Crippen molar-refractivity contribution in [3.05, 3.63) is 0 Å². The standard InChI is InChI=1S/C29H48O7/c1-17(30)36-18-7-12-26(4)19-8-13-27(5)23(28(6,34)24(32)10-11-25(2,3)33)9-14-29(27,35)20(19)16-22(31)21(26)15-18/h18-21,23-24,32-35H,7-16H2,1-6H3/t18-,19+,20?,21+,23-,24+,26+,27+,28+,29-/m0/s1. The summed E-state index contributed by atoms with van der Waals surface area (Å²) in [5.74, 6) is -0.596. The third kappa shape index (κ3) is 4.36. The maximum atomic E-state index is 13.6. The summed E-state index contributed by atoms with van der Waals surface area (Å²) < 4.78 is 5.48. The highest BCUT2D eigenvalue weighted by Crippen LogP contribution is 2.70. The van der Waals surface area contributed by atoms with E-state index in [9.17, 15) is 30.0 Å². The van der Waals surface area contributed by atoms with E-state index in [1.807, 2.05) is 0 Å². The van der Waals surface area contributed by atoms with Gasteiger partial charge in [-0.15, -0.1) is 0 Å². The van der Waals surface area contributed by atoms with Gasteiger partial charge in [0, 0.05) is 24.7 Å². The van der Waals surface area contributed by atoms with Crippen molar-refractivity contribution in [1.29, 1.82) is 0 Å². The van der Waals surface area contributed by atoms with Gasteiger partial charge in [0.25, 0.3) is 0 Å². The van der Waals surface area contributed by atoms with Crippen LogP contribution in [0.5, 0.6) is 0 Å². The molecule has 36 heavy (non-hydrogen) atoms. The highest BCUT2D eigenvalue weighted by atomic mass is 16.5. The van der Waals surface area contributed by atoms with Crippen molar-refractivity contribution in [2.75, 3.05) is 0 Å². The predicted molar refractivity (Wildman–Crippen MR) is 135 cm³/mol. The Balaban J connectivity index is 1.58. The van der Waals surface area contributed by atoms with Crippen LogP contribution in [0.15, 0.2) is 0 Å². The molecule has 4 aliphatic rings. The number of aliphatic hydroxyl groups is 4. The predicted octanol–water partition coefficient (Wildman–Crippen LogP) is 3.53. The number of fused-ring (bicyclic) bond motifs is 5. The number of hydrogen-bond donors (Lipinski definition) is 4. The van der Waals surface area contributed by atoms with Gasteiger partial charge in [-0.05, 0) is 102 Å². The van der Waals surface area contributed by atoms with Crippen LogP contribution >= 0.6 is 0 Å². The van der Waals surface area contributed by atoms with E-state index in [2.05, 4.69) is 13.8 Å². The number of Topliss-reactive ketones (excluding diaryl/α,β-unsaturated/α-hetero) is 1. The minimum absolute atomic E-state index is 0.159. The Hall–Kier alpha value is -1.02. The molecule has 4 fully saturated rings. The van der Waals surface area contributed by atoms with E-state index in [0.29, 0.717) is 32.1 Å². The molecule has 0 aromatic carbocycles. The summed E-state index contributed by atoms with van der Waals surface area (Å²) in [6, 6.07) is 0. The smallest absolute Gasteiger partial charge is 0.302 e. The van der Waals surface area contributed by atoms with Crippen LogP contribution in [-0.4, -0.2) is 61.2 Å². The molecule has 206 valence electrons. The summed E-state index contributed by atoms with van der Waals surface area (Å²) in [5, 5.41) is 45.1. The Morgan fingerprint density at radius 1 is 1.08 bits per heavy atom. The molecule has 0 aromatic rings. The van der Waals surface area contributed by atoms with Gasteiger partial charge in [0.1, 0.15) is 11.9 Å². The minimum Gasteiger partial charge on any atom is -0.463 e. The number of carbonyl (C=O) groups is 2. The lowest BCUT2D eigenvalue weighted by Gasteiger charge is -2.63. The Morgan fingerprint density at radius 2 is 1.75 bits per heavy atom. The topological polar surface area (TPSA) is 124 Å². The summed E-state index contributed by atoms with van der Waals surface area (Å²) in [6.45, 7) is 10.7. The van der Waals surface area contributed by atoms with E-state index in [1.165, 1.54) is 6.92 Å². The van der Waals surface area contributed by atoms with Crippen LogP contribution in [0.3, 0.4) is 0 Å². The number of ether oxygens (including phenoxy) is 1. The zero-order chi connectivity index (χ0) is 26.9. The van der Waals surface area contributed by atoms with Gasteiger partial charge in [-0.1, -0.05) is 13.8 Å². The number of ketones is 1. The first-order chi connectivity index (χ1) is 16.5. The molecule has 7 nitrogen and oxygen atoms in total. The zero-order valence-electron chi connectivity index (χ0n) is 23.0. The molecule has 1 unspecified atom stereocenters. The highest BCUT2D eigenvalue weighted by molar-refractivity contribution is 5.83. The van der Waals surface area contributed by atoms with Crippen molar-refractivity contribution in [3.63, 3.8) is 0 Å². The van der Waals surface area contributed by atoms with Gasteiger partial charge in [0.15, 0.2) is 0 Å². The van der Waals surface area contributed by atoms with Crippen LogP contribution < -0.4 is 0 Å². The molecule has 0 aromatic heterocycles. The first-order valence-electron chi connectivity index (χ1n) is 14.0. The third-order valence-corrected chi connectivity index (χ3v) is 11.3. The molecular formula is C29H48O7. The molecule has 0 spiro atoms. The fourth-order valence-corrected chi connectivity index (χ4v) is 9.25. The molecule has 4 rings (SSSR count). The van der Waals surface area contributed by atoms with Gasteiger partial charge in [0.2, 0.25) is 0 Å². The van der Waals surface area contributed by atoms with Crippen LogP contribution in [0, 0.1) is 34.5 Å². The highest BCUT2D eigenvalue weighted by Gasteiger charge is 2.71. The second-order valence-electron chi connectivity index (χ2n) is 14.0. The first kappa shape index (κ1) is 28.0. The maximum absolute atomic E-state index is 13.6. The fraction of sp³-hybridized carbons (Fsp3) is 0.931. The normalized spacial score (nSPS) is 45.2. The SMILES string of the molecule is CC(=O)O[C@H]1CC[C@@]2(C)[C@H](C1)C(=O)CC1[C@H]2CC[C@]2(C)[C@@H]([C@@](C)(O)[C@H](O)CCC(C)(C)O)CC[C@]12O. The molecule has 4 N–H and O–H groups in total. The van der Waals surface area contributed by atoms with Crippen LogP contribution in [-0.2, 0) is 14.3 Å². The number of aliphatic hydroxyl groups excluding tert-OH is 1. The number of carbonyl (C=O) groups excluding carboxylic acids is 2. The average Bonchev–Trinajstić information content (AvgIpc) is 3.04. The molecule has 0 bridgehead atoms. The molecular weight excluding hydrogens is 460 g/mol. The van der Waals surface area contributed by atoms with Crippen LogP contribution in [0.4, 0.5) is 0 Å². The molecule has 0 aliphatic heterocycles. The molecule has 0 radical (unpaired) electrons. The van der Waals surface area contributed by atoms with Gasteiger partial charge in [-0.25, -0.2) is 0 Å². The molecule has 0 saturated heterocycles. The van der Waals surface area contributed by atoms with Crippen molar-refractivity contribution >= 4 is 11.8 Å². The van der Waals surface area contributed by atoms with Gasteiger partial charge in [0.05, 0.1) is 22.9 Å². The lowest BCUT2D eigenvalue weighted by Crippen LogP contribution is -2.66. The van der Waals surface area contributed by atoms with Crippen LogP contribution in [0.1, 0.15) is 106 Å². The molecule has 4 saturated carbocycles. The second-order valence-corrected chi connectivity index (χ2v) is 14.0. The second kappa shape index (κ2) is 9.03. The van der Waals surface area contributed by atoms with Crippen molar-refractivity contribution in [1.82, 2.24) is 0 Å². The summed E-state index contributed by atoms with van der Waals surface area (Å²) in [4.78, 5) is 25.1. The number of esters is 1. The fourth-order valence-electron chi connectivity index (χ4n) is 9.25. The minimum atomic E-state index is -1.41. The van der Waals surface area contributed by atoms with E-state index < -0.39 is 28.3 Å². The van der Waals surface area contributed by atoms with Crippen molar-refractivity contribution in [2.45, 2.75) is 135 Å². The lowest BCUT2D eigenvalue weighted by molar-refractivity contribution is -0.228. The van der Waals surface area contributed by atoms with Crippen molar-refractivity contribution in [3.8, 4) is 0 Å². The largest absolute Gasteiger partial charge is 0.463 e. The Labute approximate surface area is 216 Å². The number of hydrogen-bond acceptors (Lipinski definition) is 7. The summed E-state index contributed by atoms with van der Waals surface area (Å²) >= 11 is 0. The van der Waals surface area contributed by atoms with Gasteiger partial charge < -0.3 is 25.2 Å². The summed E-state index contributed by atoms with van der Waals surface area (Å²) in [6.07, 6.45) is 4.53. The quantitative estimate of drug-likeness (QED) is 0.405. The summed E-state index contributed by atoms with van der Waals surface area (Å²) in [7, 11) is 0. The van der Waals surface area contributed by atoms with E-state index in [4.69, 9.17) is 4.74 Å². The molecule has 7 heteroatoms. The monoisotopic (exact) mass is 508 g/mol. The maximum Gasteiger partial charge on any atom is 0.302 e. The Morgan fingerprint density at radius 3 is 2.36 bits per heavy atom. The van der Waals surface area contributed by atoms with Gasteiger partial charge in [-0.3, -0.25) is 9.59 Å². The van der Waals surface area contributed by atoms with E-state index in [1.54, 1.807) is 20.8 Å². The van der Waals surface area contributed by atoms with Crippen LogP contribution in [0.2, 0.25) is 0 Å². The number of rotatable bonds is 6. The van der Waals surface area contributed by atoms with Crippen molar-refractivity contribution < 1.29 is 34.8 Å². The third-order valence-electron chi connectivity index (χ3n) is 11.3. The lowest BCUT2D eigenvalue weighted by atomic mass is 9.42. The first-order valence-corrected chi connectivity index (χ1v) is 14.0. The Kier molecular flexibility index (Phi) is 7.02. The van der Waals surface area contributed by atoms with E-state index in [-0.39, 0.29) is 53.4 Å². The van der Waals surface area contributed by atoms with E-state index >= 15 is 0 Å². The summed E-state index contributed by atoms with van der Waals surface area (Å²) in [5.41, 5.74) is -4.29. The van der Waals surface area contributed by atoms with Gasteiger partial charge in [-0.2, -0.15) is 0 Å². The van der Waals surface area contributed by atoms with Gasteiger partial charge >= 0.3 is 5.97 Å². The molecule has 10 atom stereocenters. The molecule has 0 amide bonds. The zero-order valence-corrected chi connectivity index (χ0v) is 23.0. The van der Waals surface area contributed by atoms with Crippen LogP contribution in [0.25, 0.3) is 0 Å².